The molecule has 0 amide bonds. The highest BCUT2D eigenvalue weighted by molar-refractivity contribution is 7.40. The van der Waals surface area contributed by atoms with E-state index in [-0.39, 0.29) is 5.52 Å². The first-order valence-corrected chi connectivity index (χ1v) is 4.31. The predicted molar refractivity (Wildman–Crippen MR) is 48.0 cm³/mol. The molecule has 0 aromatic rings. The molecule has 0 fully saturated rings. The third-order valence-corrected chi connectivity index (χ3v) is 1.45. The number of rotatable bonds is 5. The number of carbonyl (C=O) groups excluding carboxylic acids is 1. The monoisotopic (exact) mass is 158 g/mol. The van der Waals surface area contributed by atoms with Crippen LogP contribution in [0.15, 0.2) is 12.2 Å². The van der Waals surface area contributed by atoms with Crippen LogP contribution >= 0.6 is 9.24 Å². The van der Waals surface area contributed by atoms with Crippen molar-refractivity contribution < 1.29 is 4.79 Å². The predicted octanol–water partition coefficient (Wildman–Crippen LogP) is 2.52. The van der Waals surface area contributed by atoms with E-state index in [1.807, 2.05) is 6.08 Å². The van der Waals surface area contributed by atoms with Crippen molar-refractivity contribution >= 4 is 14.8 Å². The van der Waals surface area contributed by atoms with Crippen molar-refractivity contribution in [2.75, 3.05) is 0 Å². The zero-order valence-electron chi connectivity index (χ0n) is 6.47. The lowest BCUT2D eigenvalue weighted by molar-refractivity contribution is -0.107. The van der Waals surface area contributed by atoms with Crippen molar-refractivity contribution in [3.05, 3.63) is 12.2 Å². The van der Waals surface area contributed by atoms with E-state index < -0.39 is 0 Å². The minimum Gasteiger partial charge on any atom is -0.290 e. The molecule has 0 saturated heterocycles. The molecule has 0 aromatic carbocycles. The minimum absolute atomic E-state index is 0.0662. The fraction of sp³-hybridized carbons (Fsp3) is 0.625. The van der Waals surface area contributed by atoms with E-state index in [1.54, 1.807) is 6.08 Å². The van der Waals surface area contributed by atoms with Gasteiger partial charge in [0.05, 0.1) is 0 Å². The smallest absolute Gasteiger partial charge is 0.170 e. The summed E-state index contributed by atoms with van der Waals surface area (Å²) in [7, 11) is 2.13. The van der Waals surface area contributed by atoms with Crippen LogP contribution in [-0.4, -0.2) is 5.52 Å². The van der Waals surface area contributed by atoms with E-state index >= 15 is 0 Å². The Labute approximate surface area is 65.1 Å². The molecule has 0 aliphatic carbocycles. The van der Waals surface area contributed by atoms with Crippen molar-refractivity contribution in [3.63, 3.8) is 0 Å². The summed E-state index contributed by atoms with van der Waals surface area (Å²) in [6.45, 7) is 2.17. The lowest BCUT2D eigenvalue weighted by Crippen LogP contribution is -1.75. The van der Waals surface area contributed by atoms with E-state index in [4.69, 9.17) is 0 Å². The first kappa shape index (κ1) is 9.84. The third kappa shape index (κ3) is 7.84. The van der Waals surface area contributed by atoms with Crippen LogP contribution in [0.1, 0.15) is 32.6 Å². The lowest BCUT2D eigenvalue weighted by Gasteiger charge is -1.89. The van der Waals surface area contributed by atoms with Gasteiger partial charge in [-0.25, -0.2) is 0 Å². The summed E-state index contributed by atoms with van der Waals surface area (Å²) in [5, 5.41) is 0. The molecular formula is C8H15OP. The average molecular weight is 158 g/mol. The fourth-order valence-electron chi connectivity index (χ4n) is 0.712. The average Bonchev–Trinajstić information content (AvgIpc) is 1.87. The standard InChI is InChI=1S/C8H15OP/c1-2-3-4-5-6-7-8(9)10/h6-7H,2-5,10H2,1H3/b7-6+. The van der Waals surface area contributed by atoms with E-state index in [0.29, 0.717) is 0 Å². The molecule has 0 N–H and O–H groups in total. The van der Waals surface area contributed by atoms with Gasteiger partial charge in [-0.1, -0.05) is 35.1 Å². The molecule has 58 valence electrons. The van der Waals surface area contributed by atoms with Crippen LogP contribution in [0.3, 0.4) is 0 Å². The van der Waals surface area contributed by atoms with E-state index in [9.17, 15) is 4.79 Å². The summed E-state index contributed by atoms with van der Waals surface area (Å²) in [6.07, 6.45) is 8.28. The second-order valence-corrected chi connectivity index (χ2v) is 2.87. The first-order chi connectivity index (χ1) is 4.77. The summed E-state index contributed by atoms with van der Waals surface area (Å²) >= 11 is 0. The second-order valence-electron chi connectivity index (χ2n) is 2.30. The normalized spacial score (nSPS) is 10.6. The van der Waals surface area contributed by atoms with Gasteiger partial charge in [0, 0.05) is 0 Å². The Bertz CT molecular complexity index is 118. The maximum atomic E-state index is 10.4. The molecule has 1 nitrogen and oxygen atoms in total. The number of carbonyl (C=O) groups is 1. The molecule has 0 aliphatic rings. The van der Waals surface area contributed by atoms with Gasteiger partial charge >= 0.3 is 0 Å². The SMILES string of the molecule is CCCCC/C=C/C(=O)P. The highest BCUT2D eigenvalue weighted by atomic mass is 31.0. The van der Waals surface area contributed by atoms with Gasteiger partial charge in [-0.15, -0.1) is 0 Å². The Balaban J connectivity index is 3.10. The summed E-state index contributed by atoms with van der Waals surface area (Å²) in [6, 6.07) is 0. The molecule has 0 aromatic heterocycles. The number of hydrogen-bond acceptors (Lipinski definition) is 1. The van der Waals surface area contributed by atoms with Crippen molar-refractivity contribution in [3.8, 4) is 0 Å². The summed E-state index contributed by atoms with van der Waals surface area (Å²) in [5.41, 5.74) is 0.0662. The Hall–Kier alpha value is -0.160. The van der Waals surface area contributed by atoms with Crippen molar-refractivity contribution in [2.24, 2.45) is 0 Å². The summed E-state index contributed by atoms with van der Waals surface area (Å²) in [5.74, 6) is 0. The zero-order chi connectivity index (χ0) is 7.82. The quantitative estimate of drug-likeness (QED) is 0.341. The van der Waals surface area contributed by atoms with Crippen LogP contribution in [0.2, 0.25) is 0 Å². The maximum absolute atomic E-state index is 10.4. The number of unbranched alkanes of at least 4 members (excludes halogenated alkanes) is 3. The van der Waals surface area contributed by atoms with E-state index in [2.05, 4.69) is 16.2 Å². The molecule has 0 saturated carbocycles. The molecule has 1 unspecified atom stereocenters. The topological polar surface area (TPSA) is 17.1 Å². The lowest BCUT2D eigenvalue weighted by atomic mass is 10.2. The highest BCUT2D eigenvalue weighted by Crippen LogP contribution is 2.00. The van der Waals surface area contributed by atoms with Crippen LogP contribution in [0.5, 0.6) is 0 Å². The van der Waals surface area contributed by atoms with Gasteiger partial charge in [0.2, 0.25) is 0 Å². The fourth-order valence-corrected chi connectivity index (χ4v) is 0.848. The van der Waals surface area contributed by atoms with Gasteiger partial charge in [-0.2, -0.15) is 0 Å². The molecule has 0 aliphatic heterocycles. The molecule has 1 atom stereocenters. The second kappa shape index (κ2) is 6.95. The molecular weight excluding hydrogens is 143 g/mol. The van der Waals surface area contributed by atoms with Gasteiger partial charge in [-0.3, -0.25) is 4.79 Å². The van der Waals surface area contributed by atoms with Crippen LogP contribution < -0.4 is 0 Å². The maximum Gasteiger partial charge on any atom is 0.170 e. The van der Waals surface area contributed by atoms with Gasteiger partial charge in [-0.05, 0) is 18.9 Å². The van der Waals surface area contributed by atoms with Crippen LogP contribution in [0.4, 0.5) is 0 Å². The van der Waals surface area contributed by atoms with Crippen molar-refractivity contribution in [2.45, 2.75) is 32.6 Å². The largest absolute Gasteiger partial charge is 0.290 e. The van der Waals surface area contributed by atoms with Crippen molar-refractivity contribution in [1.82, 2.24) is 0 Å². The molecule has 10 heavy (non-hydrogen) atoms. The zero-order valence-corrected chi connectivity index (χ0v) is 7.62. The Morgan fingerprint density at radius 2 is 2.20 bits per heavy atom. The molecule has 0 radical (unpaired) electrons. The van der Waals surface area contributed by atoms with Crippen LogP contribution in [-0.2, 0) is 4.79 Å². The number of allylic oxidation sites excluding steroid dienone is 2. The number of hydrogen-bond donors (Lipinski definition) is 0. The van der Waals surface area contributed by atoms with E-state index in [1.165, 1.54) is 19.3 Å². The molecule has 2 heteroatoms. The summed E-state index contributed by atoms with van der Waals surface area (Å²) < 4.78 is 0. The Kier molecular flexibility index (Phi) is 6.84. The molecule has 0 bridgehead atoms. The minimum atomic E-state index is 0.0662. The van der Waals surface area contributed by atoms with Gasteiger partial charge in [0.1, 0.15) is 0 Å². The third-order valence-electron chi connectivity index (χ3n) is 1.26. The molecule has 0 heterocycles. The molecule has 0 rings (SSSR count). The summed E-state index contributed by atoms with van der Waals surface area (Å²) in [4.78, 5) is 10.4. The Morgan fingerprint density at radius 1 is 1.50 bits per heavy atom. The molecule has 0 spiro atoms. The van der Waals surface area contributed by atoms with E-state index in [0.717, 1.165) is 6.42 Å². The van der Waals surface area contributed by atoms with Gasteiger partial charge in [0.15, 0.2) is 5.52 Å². The van der Waals surface area contributed by atoms with Crippen LogP contribution in [0.25, 0.3) is 0 Å². The first-order valence-electron chi connectivity index (χ1n) is 3.73. The Morgan fingerprint density at radius 3 is 2.70 bits per heavy atom. The van der Waals surface area contributed by atoms with Gasteiger partial charge in [0.25, 0.3) is 0 Å². The van der Waals surface area contributed by atoms with Crippen LogP contribution in [0, 0.1) is 0 Å². The highest BCUT2D eigenvalue weighted by Gasteiger charge is 1.83. The van der Waals surface area contributed by atoms with Crippen molar-refractivity contribution in [1.29, 1.82) is 0 Å². The van der Waals surface area contributed by atoms with Gasteiger partial charge < -0.3 is 0 Å².